The molecule has 6 heteroatoms. The molecule has 120 valence electrons. The highest BCUT2D eigenvalue weighted by Gasteiger charge is 2.48. The lowest BCUT2D eigenvalue weighted by atomic mass is 9.85. The molecule has 23 heavy (non-hydrogen) atoms. The average molecular weight is 319 g/mol. The summed E-state index contributed by atoms with van der Waals surface area (Å²) in [7, 11) is 0. The Morgan fingerprint density at radius 1 is 1.09 bits per heavy atom. The molecule has 1 fully saturated rings. The van der Waals surface area contributed by atoms with Gasteiger partial charge in [0, 0.05) is 0 Å². The number of aliphatic hydroxyl groups is 1. The van der Waals surface area contributed by atoms with Crippen molar-refractivity contribution < 1.29 is 23.4 Å². The summed E-state index contributed by atoms with van der Waals surface area (Å²) in [4.78, 5) is 13.1. The second kappa shape index (κ2) is 5.96. The number of halogens is 2. The predicted octanol–water partition coefficient (Wildman–Crippen LogP) is 2.80. The first-order valence-corrected chi connectivity index (χ1v) is 7.12. The first-order valence-electron chi connectivity index (χ1n) is 7.12. The van der Waals surface area contributed by atoms with Crippen molar-refractivity contribution in [3.63, 3.8) is 0 Å². The normalized spacial score (nSPS) is 15.9. The number of β-amino-alcohol motifs (C(OH)–C–C–N with tert-alkyl or cyclic N) is 1. The predicted molar refractivity (Wildman–Crippen MR) is 78.5 cm³/mol. The monoisotopic (exact) mass is 319 g/mol. The van der Waals surface area contributed by atoms with E-state index in [-0.39, 0.29) is 19.7 Å². The Hall–Kier alpha value is -2.47. The SMILES string of the molecule is O=C(OCc1ccccc1)N1CC(O)(c2c(F)cccc2F)C1. The zero-order chi connectivity index (χ0) is 16.4. The first-order chi connectivity index (χ1) is 11.0. The molecular weight excluding hydrogens is 304 g/mol. The Labute approximate surface area is 131 Å². The van der Waals surface area contributed by atoms with Crippen LogP contribution in [0.5, 0.6) is 0 Å². The van der Waals surface area contributed by atoms with E-state index in [1.807, 2.05) is 30.3 Å². The number of benzene rings is 2. The van der Waals surface area contributed by atoms with Crippen molar-refractivity contribution in [2.24, 2.45) is 0 Å². The summed E-state index contributed by atoms with van der Waals surface area (Å²) in [5, 5.41) is 10.3. The molecule has 3 rings (SSSR count). The summed E-state index contributed by atoms with van der Waals surface area (Å²) in [5.74, 6) is -1.66. The van der Waals surface area contributed by atoms with Gasteiger partial charge in [0.05, 0.1) is 18.7 Å². The molecule has 2 aromatic rings. The van der Waals surface area contributed by atoms with Gasteiger partial charge in [-0.1, -0.05) is 36.4 Å². The highest BCUT2D eigenvalue weighted by atomic mass is 19.1. The van der Waals surface area contributed by atoms with Crippen LogP contribution in [0.1, 0.15) is 11.1 Å². The number of nitrogens with zero attached hydrogens (tertiary/aromatic N) is 1. The molecule has 1 heterocycles. The summed E-state index contributed by atoms with van der Waals surface area (Å²) < 4.78 is 32.6. The minimum Gasteiger partial charge on any atom is -0.445 e. The van der Waals surface area contributed by atoms with Crippen LogP contribution in [0.2, 0.25) is 0 Å². The second-order valence-corrected chi connectivity index (χ2v) is 5.52. The van der Waals surface area contributed by atoms with Gasteiger partial charge in [-0.2, -0.15) is 0 Å². The van der Waals surface area contributed by atoms with Crippen molar-refractivity contribution >= 4 is 6.09 Å². The van der Waals surface area contributed by atoms with E-state index < -0.39 is 28.9 Å². The van der Waals surface area contributed by atoms with Gasteiger partial charge in [0.25, 0.3) is 0 Å². The fourth-order valence-corrected chi connectivity index (χ4v) is 2.63. The number of carbonyl (C=O) groups is 1. The van der Waals surface area contributed by atoms with E-state index in [2.05, 4.69) is 0 Å². The zero-order valence-corrected chi connectivity index (χ0v) is 12.2. The fraction of sp³-hybridized carbons (Fsp3) is 0.235. The van der Waals surface area contributed by atoms with Crippen molar-refractivity contribution in [1.29, 1.82) is 0 Å². The van der Waals surface area contributed by atoms with Gasteiger partial charge in [-0.3, -0.25) is 0 Å². The summed E-state index contributed by atoms with van der Waals surface area (Å²) in [5.41, 5.74) is -1.30. The number of likely N-dealkylation sites (tertiary alicyclic amines) is 1. The van der Waals surface area contributed by atoms with Gasteiger partial charge in [0.15, 0.2) is 0 Å². The van der Waals surface area contributed by atoms with Crippen LogP contribution in [0.4, 0.5) is 13.6 Å². The van der Waals surface area contributed by atoms with Crippen LogP contribution in [0, 0.1) is 11.6 Å². The van der Waals surface area contributed by atoms with Crippen LogP contribution >= 0.6 is 0 Å². The number of rotatable bonds is 3. The van der Waals surface area contributed by atoms with Crippen LogP contribution in [0.25, 0.3) is 0 Å². The third-order valence-electron chi connectivity index (χ3n) is 3.80. The minimum absolute atomic E-state index is 0.0999. The molecule has 0 bridgehead atoms. The van der Waals surface area contributed by atoms with Gasteiger partial charge >= 0.3 is 6.09 Å². The van der Waals surface area contributed by atoms with E-state index in [0.717, 1.165) is 17.7 Å². The standard InChI is InChI=1S/C17H15F2NO3/c18-13-7-4-8-14(19)15(13)17(22)10-20(11-17)16(21)23-9-12-5-2-1-3-6-12/h1-8,22H,9-11H2. The first kappa shape index (κ1) is 15.4. The van der Waals surface area contributed by atoms with E-state index in [0.29, 0.717) is 0 Å². The molecule has 1 saturated heterocycles. The molecule has 1 amide bonds. The maximum absolute atomic E-state index is 13.7. The van der Waals surface area contributed by atoms with Crippen molar-refractivity contribution in [2.75, 3.05) is 13.1 Å². The van der Waals surface area contributed by atoms with Crippen molar-refractivity contribution in [3.8, 4) is 0 Å². The molecule has 0 spiro atoms. The topological polar surface area (TPSA) is 49.8 Å². The smallest absolute Gasteiger partial charge is 0.410 e. The van der Waals surface area contributed by atoms with E-state index >= 15 is 0 Å². The molecule has 0 saturated carbocycles. The maximum atomic E-state index is 13.7. The van der Waals surface area contributed by atoms with Crippen LogP contribution in [-0.4, -0.2) is 29.2 Å². The Balaban J connectivity index is 1.60. The molecular formula is C17H15F2NO3. The van der Waals surface area contributed by atoms with E-state index in [1.165, 1.54) is 11.0 Å². The fourth-order valence-electron chi connectivity index (χ4n) is 2.63. The molecule has 0 aliphatic carbocycles. The number of ether oxygens (including phenoxy) is 1. The van der Waals surface area contributed by atoms with Crippen molar-refractivity contribution in [2.45, 2.75) is 12.2 Å². The van der Waals surface area contributed by atoms with Gasteiger partial charge in [-0.15, -0.1) is 0 Å². The minimum atomic E-state index is -1.72. The van der Waals surface area contributed by atoms with E-state index in [4.69, 9.17) is 4.74 Å². The van der Waals surface area contributed by atoms with Gasteiger partial charge in [-0.25, -0.2) is 13.6 Å². The van der Waals surface area contributed by atoms with Gasteiger partial charge in [0.2, 0.25) is 0 Å². The molecule has 1 N–H and O–H groups in total. The molecule has 0 radical (unpaired) electrons. The third-order valence-corrected chi connectivity index (χ3v) is 3.80. The quantitative estimate of drug-likeness (QED) is 0.946. The lowest BCUT2D eigenvalue weighted by Crippen LogP contribution is -2.61. The average Bonchev–Trinajstić information content (AvgIpc) is 2.51. The van der Waals surface area contributed by atoms with Crippen molar-refractivity contribution in [1.82, 2.24) is 4.90 Å². The van der Waals surface area contributed by atoms with Crippen molar-refractivity contribution in [3.05, 3.63) is 71.3 Å². The second-order valence-electron chi connectivity index (χ2n) is 5.52. The Morgan fingerprint density at radius 3 is 2.30 bits per heavy atom. The lowest BCUT2D eigenvalue weighted by Gasteiger charge is -2.45. The molecule has 0 unspecified atom stereocenters. The zero-order valence-electron chi connectivity index (χ0n) is 12.2. The summed E-state index contributed by atoms with van der Waals surface area (Å²) in [6, 6.07) is 12.5. The Morgan fingerprint density at radius 2 is 1.70 bits per heavy atom. The largest absolute Gasteiger partial charge is 0.445 e. The lowest BCUT2D eigenvalue weighted by molar-refractivity contribution is -0.0989. The summed E-state index contributed by atoms with van der Waals surface area (Å²) in [6.45, 7) is -0.320. The number of amides is 1. The molecule has 4 nitrogen and oxygen atoms in total. The van der Waals surface area contributed by atoms with Gasteiger partial charge < -0.3 is 14.7 Å². The third kappa shape index (κ3) is 3.03. The van der Waals surface area contributed by atoms with E-state index in [9.17, 15) is 18.7 Å². The van der Waals surface area contributed by atoms with E-state index in [1.54, 1.807) is 0 Å². The van der Waals surface area contributed by atoms with Crippen LogP contribution in [0.15, 0.2) is 48.5 Å². The molecule has 0 atom stereocenters. The number of hydrogen-bond donors (Lipinski definition) is 1. The Bertz CT molecular complexity index is 695. The summed E-state index contributed by atoms with van der Waals surface area (Å²) in [6.07, 6.45) is -0.629. The highest BCUT2D eigenvalue weighted by Crippen LogP contribution is 2.35. The molecule has 1 aliphatic heterocycles. The number of carbonyl (C=O) groups excluding carboxylic acids is 1. The summed E-state index contributed by atoms with van der Waals surface area (Å²) >= 11 is 0. The van der Waals surface area contributed by atoms with Crippen LogP contribution < -0.4 is 0 Å². The van der Waals surface area contributed by atoms with Gasteiger partial charge in [-0.05, 0) is 17.7 Å². The van der Waals surface area contributed by atoms with Gasteiger partial charge in [0.1, 0.15) is 23.8 Å². The number of hydrogen-bond acceptors (Lipinski definition) is 3. The van der Waals surface area contributed by atoms with Crippen LogP contribution in [0.3, 0.4) is 0 Å². The molecule has 1 aliphatic rings. The maximum Gasteiger partial charge on any atom is 0.410 e. The van der Waals surface area contributed by atoms with Crippen LogP contribution in [-0.2, 0) is 16.9 Å². The highest BCUT2D eigenvalue weighted by molar-refractivity contribution is 5.69. The Kier molecular flexibility index (Phi) is 4.00. The molecule has 2 aromatic carbocycles. The molecule has 0 aromatic heterocycles.